The zero-order valence-corrected chi connectivity index (χ0v) is 19.3. The standard InChI is InChI=1S/C24H30BrNO3/c1-16(2)26(17(3)4)24(28)29-22(19-9-7-6-8-10-19)15-18(5)23(27)20-11-13-21(25)14-12-20/h6-18,23,27H,1-5H3/b22-15-/t18-,23-/m0/s1. The van der Waals surface area contributed by atoms with E-state index in [0.717, 1.165) is 15.6 Å². The van der Waals surface area contributed by atoms with Gasteiger partial charge in [-0.05, 0) is 51.5 Å². The summed E-state index contributed by atoms with van der Waals surface area (Å²) in [6, 6.07) is 17.1. The highest BCUT2D eigenvalue weighted by Crippen LogP contribution is 2.28. The second-order valence-electron chi connectivity index (χ2n) is 7.72. The van der Waals surface area contributed by atoms with Crippen LogP contribution in [-0.2, 0) is 4.74 Å². The van der Waals surface area contributed by atoms with Crippen LogP contribution in [0.15, 0.2) is 65.1 Å². The molecule has 2 atom stereocenters. The molecule has 0 saturated heterocycles. The second-order valence-corrected chi connectivity index (χ2v) is 8.63. The molecular formula is C24H30BrNO3. The van der Waals surface area contributed by atoms with Gasteiger partial charge >= 0.3 is 6.09 Å². The van der Waals surface area contributed by atoms with Crippen molar-refractivity contribution in [3.05, 3.63) is 76.3 Å². The molecule has 0 aliphatic carbocycles. The first kappa shape index (κ1) is 23.2. The normalized spacial score (nSPS) is 14.0. The third kappa shape index (κ3) is 6.44. The number of halogens is 1. The van der Waals surface area contributed by atoms with Crippen LogP contribution in [0.2, 0.25) is 0 Å². The van der Waals surface area contributed by atoms with Crippen molar-refractivity contribution in [3.63, 3.8) is 0 Å². The molecule has 0 aliphatic heterocycles. The predicted molar refractivity (Wildman–Crippen MR) is 121 cm³/mol. The highest BCUT2D eigenvalue weighted by molar-refractivity contribution is 9.10. The lowest BCUT2D eigenvalue weighted by molar-refractivity contribution is 0.112. The summed E-state index contributed by atoms with van der Waals surface area (Å²) in [4.78, 5) is 14.6. The van der Waals surface area contributed by atoms with E-state index in [1.54, 1.807) is 4.90 Å². The summed E-state index contributed by atoms with van der Waals surface area (Å²) in [5.74, 6) is 0.191. The van der Waals surface area contributed by atoms with Crippen LogP contribution in [0, 0.1) is 5.92 Å². The lowest BCUT2D eigenvalue weighted by Crippen LogP contribution is -2.42. The van der Waals surface area contributed by atoms with Crippen molar-refractivity contribution >= 4 is 27.8 Å². The number of aliphatic hydroxyl groups excluding tert-OH is 1. The van der Waals surface area contributed by atoms with Gasteiger partial charge in [-0.1, -0.05) is 65.3 Å². The molecule has 0 bridgehead atoms. The summed E-state index contributed by atoms with van der Waals surface area (Å²) >= 11 is 3.41. The van der Waals surface area contributed by atoms with Crippen LogP contribution in [0.3, 0.4) is 0 Å². The number of hydrogen-bond acceptors (Lipinski definition) is 3. The van der Waals surface area contributed by atoms with Gasteiger partial charge in [0.05, 0.1) is 6.10 Å². The fraction of sp³-hybridized carbons (Fsp3) is 0.375. The van der Waals surface area contributed by atoms with Gasteiger partial charge in [-0.2, -0.15) is 0 Å². The Morgan fingerprint density at radius 1 is 0.966 bits per heavy atom. The van der Waals surface area contributed by atoms with Crippen molar-refractivity contribution < 1.29 is 14.6 Å². The van der Waals surface area contributed by atoms with Gasteiger partial charge in [-0.15, -0.1) is 0 Å². The summed E-state index contributed by atoms with van der Waals surface area (Å²) in [5, 5.41) is 10.8. The lowest BCUT2D eigenvalue weighted by atomic mass is 9.96. The summed E-state index contributed by atoms with van der Waals surface area (Å²) in [6.07, 6.45) is 0.709. The van der Waals surface area contributed by atoms with Crippen molar-refractivity contribution in [2.45, 2.75) is 52.8 Å². The molecule has 2 aromatic carbocycles. The van der Waals surface area contributed by atoms with Crippen LogP contribution in [0.1, 0.15) is 51.8 Å². The number of rotatable bonds is 7. The van der Waals surface area contributed by atoms with Crippen LogP contribution >= 0.6 is 15.9 Å². The third-order valence-electron chi connectivity index (χ3n) is 4.70. The summed E-state index contributed by atoms with van der Waals surface area (Å²) in [7, 11) is 0. The van der Waals surface area contributed by atoms with E-state index in [-0.39, 0.29) is 18.0 Å². The SMILES string of the molecule is CC(C)N(C(=O)O/C(=C\[C@H](C)[C@H](O)c1ccc(Br)cc1)c1ccccc1)C(C)C. The van der Waals surface area contributed by atoms with E-state index in [0.29, 0.717) is 5.76 Å². The Morgan fingerprint density at radius 3 is 2.03 bits per heavy atom. The Hall–Kier alpha value is -2.11. The number of carbonyl (C=O) groups excluding carboxylic acids is 1. The Balaban J connectivity index is 2.32. The first-order valence-corrected chi connectivity index (χ1v) is 10.7. The van der Waals surface area contributed by atoms with E-state index < -0.39 is 12.2 Å². The number of aliphatic hydroxyl groups is 1. The average molecular weight is 460 g/mol. The molecule has 1 amide bonds. The smallest absolute Gasteiger partial charge is 0.410 e. The summed E-state index contributed by atoms with van der Waals surface area (Å²) in [6.45, 7) is 9.77. The number of benzene rings is 2. The highest BCUT2D eigenvalue weighted by Gasteiger charge is 2.24. The molecule has 5 heteroatoms. The average Bonchev–Trinajstić information content (AvgIpc) is 2.67. The molecule has 2 aromatic rings. The molecule has 0 heterocycles. The Bertz CT molecular complexity index is 808. The maximum absolute atomic E-state index is 12.9. The van der Waals surface area contributed by atoms with Crippen LogP contribution in [0.4, 0.5) is 4.79 Å². The van der Waals surface area contributed by atoms with Gasteiger partial charge in [0.2, 0.25) is 0 Å². The topological polar surface area (TPSA) is 49.8 Å². The maximum atomic E-state index is 12.9. The van der Waals surface area contributed by atoms with E-state index in [1.807, 2.05) is 95.3 Å². The molecule has 0 radical (unpaired) electrons. The fourth-order valence-corrected chi connectivity index (χ4v) is 3.51. The van der Waals surface area contributed by atoms with Crippen LogP contribution < -0.4 is 0 Å². The molecule has 0 fully saturated rings. The summed E-state index contributed by atoms with van der Waals surface area (Å²) < 4.78 is 6.78. The Morgan fingerprint density at radius 2 is 1.52 bits per heavy atom. The molecule has 0 spiro atoms. The molecule has 0 aromatic heterocycles. The maximum Gasteiger partial charge on any atom is 0.415 e. The van der Waals surface area contributed by atoms with Gasteiger partial charge < -0.3 is 14.7 Å². The van der Waals surface area contributed by atoms with Crippen molar-refractivity contribution in [1.82, 2.24) is 4.90 Å². The molecular weight excluding hydrogens is 430 g/mol. The molecule has 0 saturated carbocycles. The van der Waals surface area contributed by atoms with Crippen LogP contribution in [0.25, 0.3) is 5.76 Å². The van der Waals surface area contributed by atoms with Crippen LogP contribution in [0.5, 0.6) is 0 Å². The molecule has 0 unspecified atom stereocenters. The second kappa shape index (κ2) is 10.6. The monoisotopic (exact) mass is 459 g/mol. The highest BCUT2D eigenvalue weighted by atomic mass is 79.9. The zero-order chi connectivity index (χ0) is 21.6. The number of carbonyl (C=O) groups is 1. The quantitative estimate of drug-likeness (QED) is 0.486. The number of nitrogens with zero attached hydrogens (tertiary/aromatic N) is 1. The van der Waals surface area contributed by atoms with Crippen molar-refractivity contribution in [2.75, 3.05) is 0 Å². The minimum Gasteiger partial charge on any atom is -0.410 e. The van der Waals surface area contributed by atoms with Crippen molar-refractivity contribution in [3.8, 4) is 0 Å². The first-order valence-electron chi connectivity index (χ1n) is 9.91. The van der Waals surface area contributed by atoms with Crippen molar-refractivity contribution in [1.29, 1.82) is 0 Å². The van der Waals surface area contributed by atoms with Gasteiger partial charge in [0.25, 0.3) is 0 Å². The van der Waals surface area contributed by atoms with E-state index in [1.165, 1.54) is 0 Å². The Labute approximate surface area is 182 Å². The van der Waals surface area contributed by atoms with E-state index >= 15 is 0 Å². The molecule has 1 N–H and O–H groups in total. The summed E-state index contributed by atoms with van der Waals surface area (Å²) in [5.41, 5.74) is 1.60. The molecule has 2 rings (SSSR count). The molecule has 29 heavy (non-hydrogen) atoms. The number of amides is 1. The zero-order valence-electron chi connectivity index (χ0n) is 17.7. The van der Waals surface area contributed by atoms with E-state index in [4.69, 9.17) is 4.74 Å². The largest absolute Gasteiger partial charge is 0.415 e. The van der Waals surface area contributed by atoms with Crippen molar-refractivity contribution in [2.24, 2.45) is 5.92 Å². The lowest BCUT2D eigenvalue weighted by Gasteiger charge is -2.30. The fourth-order valence-electron chi connectivity index (χ4n) is 3.25. The van der Waals surface area contributed by atoms with Gasteiger partial charge in [0.1, 0.15) is 5.76 Å². The van der Waals surface area contributed by atoms with E-state index in [9.17, 15) is 9.90 Å². The number of hydrogen-bond donors (Lipinski definition) is 1. The third-order valence-corrected chi connectivity index (χ3v) is 5.23. The first-order chi connectivity index (χ1) is 13.7. The predicted octanol–water partition coefficient (Wildman–Crippen LogP) is 6.42. The van der Waals surface area contributed by atoms with Gasteiger partial charge in [-0.25, -0.2) is 4.79 Å². The minimum absolute atomic E-state index is 0.0188. The van der Waals surface area contributed by atoms with Crippen LogP contribution in [-0.4, -0.2) is 28.2 Å². The molecule has 156 valence electrons. The van der Waals surface area contributed by atoms with Gasteiger partial charge in [0, 0.05) is 28.0 Å². The molecule has 4 nitrogen and oxygen atoms in total. The minimum atomic E-state index is -0.716. The Kier molecular flexibility index (Phi) is 8.47. The van der Waals surface area contributed by atoms with E-state index in [2.05, 4.69) is 15.9 Å². The van der Waals surface area contributed by atoms with Gasteiger partial charge in [-0.3, -0.25) is 0 Å². The number of ether oxygens (including phenoxy) is 1. The van der Waals surface area contributed by atoms with Gasteiger partial charge in [0.15, 0.2) is 0 Å². The molecule has 0 aliphatic rings.